The maximum atomic E-state index is 11.5. The van der Waals surface area contributed by atoms with E-state index in [-0.39, 0.29) is 35.6 Å². The van der Waals surface area contributed by atoms with E-state index < -0.39 is 11.5 Å². The predicted octanol–water partition coefficient (Wildman–Crippen LogP) is -0.513. The van der Waals surface area contributed by atoms with E-state index in [1.165, 1.54) is 10.7 Å². The summed E-state index contributed by atoms with van der Waals surface area (Å²) in [4.78, 5) is 24.1. The van der Waals surface area contributed by atoms with E-state index in [0.29, 0.717) is 0 Å². The predicted molar refractivity (Wildman–Crippen MR) is 58.7 cm³/mol. The molecule has 0 bridgehead atoms. The molecule has 0 aliphatic rings. The van der Waals surface area contributed by atoms with Crippen molar-refractivity contribution in [3.8, 4) is 5.88 Å². The minimum Gasteiger partial charge on any atom is -0.494 e. The van der Waals surface area contributed by atoms with Gasteiger partial charge < -0.3 is 15.9 Å². The van der Waals surface area contributed by atoms with Gasteiger partial charge in [0.25, 0.3) is 5.56 Å². The number of rotatable bonds is 3. The Morgan fingerprint density at radius 1 is 1.59 bits per heavy atom. The number of aliphatic carboxylic acids is 1. The third kappa shape index (κ3) is 1.92. The lowest BCUT2D eigenvalue weighted by Gasteiger charge is -1.99. The Labute approximate surface area is 94.3 Å². The first kappa shape index (κ1) is 11.0. The monoisotopic (exact) mass is 238 g/mol. The number of anilines is 1. The Morgan fingerprint density at radius 2 is 2.29 bits per heavy atom. The fraction of sp³-hybridized carbons (Fsp3) is 0.222. The molecule has 17 heavy (non-hydrogen) atoms. The zero-order valence-electron chi connectivity index (χ0n) is 8.67. The molecule has 5 N–H and O–H groups in total. The largest absolute Gasteiger partial charge is 0.494 e. The summed E-state index contributed by atoms with van der Waals surface area (Å²) in [6.07, 6.45) is -0.151. The highest BCUT2D eigenvalue weighted by molar-refractivity contribution is 5.88. The highest BCUT2D eigenvalue weighted by atomic mass is 16.4. The first-order valence-electron chi connectivity index (χ1n) is 4.79. The SMILES string of the molecule is Nc1c2c(=O)[nH]c(O)cc2nn1CCC(=O)O. The number of fused-ring (bicyclic) bond motifs is 1. The normalized spacial score (nSPS) is 10.8. The second-order valence-corrected chi connectivity index (χ2v) is 3.50. The number of aromatic hydroxyl groups is 1. The molecule has 8 heteroatoms. The van der Waals surface area contributed by atoms with Gasteiger partial charge in [0.1, 0.15) is 16.7 Å². The number of pyridine rings is 1. The van der Waals surface area contributed by atoms with Gasteiger partial charge in [0.05, 0.1) is 13.0 Å². The van der Waals surface area contributed by atoms with Crippen molar-refractivity contribution in [1.29, 1.82) is 0 Å². The van der Waals surface area contributed by atoms with Crippen molar-refractivity contribution in [2.24, 2.45) is 0 Å². The number of aromatic nitrogens is 3. The summed E-state index contributed by atoms with van der Waals surface area (Å²) in [5.74, 6) is -1.21. The lowest BCUT2D eigenvalue weighted by atomic mass is 10.3. The summed E-state index contributed by atoms with van der Waals surface area (Å²) in [5.41, 5.74) is 5.36. The molecule has 2 aromatic rings. The zero-order valence-corrected chi connectivity index (χ0v) is 8.67. The molecule has 2 heterocycles. The summed E-state index contributed by atoms with van der Waals surface area (Å²) >= 11 is 0. The molecule has 90 valence electrons. The molecular weight excluding hydrogens is 228 g/mol. The summed E-state index contributed by atoms with van der Waals surface area (Å²) in [6.45, 7) is 0.0655. The van der Waals surface area contributed by atoms with Crippen LogP contribution < -0.4 is 11.3 Å². The molecule has 0 aliphatic heterocycles. The van der Waals surface area contributed by atoms with Gasteiger partial charge in [0.15, 0.2) is 5.88 Å². The van der Waals surface area contributed by atoms with Crippen LogP contribution in [0.25, 0.3) is 10.9 Å². The van der Waals surface area contributed by atoms with Gasteiger partial charge in [-0.05, 0) is 0 Å². The second-order valence-electron chi connectivity index (χ2n) is 3.50. The Kier molecular flexibility index (Phi) is 2.47. The van der Waals surface area contributed by atoms with Crippen molar-refractivity contribution in [3.63, 3.8) is 0 Å². The van der Waals surface area contributed by atoms with Gasteiger partial charge in [-0.3, -0.25) is 14.6 Å². The van der Waals surface area contributed by atoms with E-state index >= 15 is 0 Å². The Bertz CT molecular complexity index is 642. The maximum Gasteiger partial charge on any atom is 0.305 e. The highest BCUT2D eigenvalue weighted by Crippen LogP contribution is 2.19. The average molecular weight is 238 g/mol. The molecule has 0 radical (unpaired) electrons. The number of carboxylic acid groups (broad SMARTS) is 1. The van der Waals surface area contributed by atoms with E-state index in [2.05, 4.69) is 10.1 Å². The summed E-state index contributed by atoms with van der Waals surface area (Å²) in [7, 11) is 0. The minimum atomic E-state index is -0.985. The maximum absolute atomic E-state index is 11.5. The molecule has 8 nitrogen and oxygen atoms in total. The van der Waals surface area contributed by atoms with E-state index in [1.54, 1.807) is 0 Å². The molecule has 2 aromatic heterocycles. The lowest BCUT2D eigenvalue weighted by Crippen LogP contribution is -2.10. The molecule has 0 spiro atoms. The van der Waals surface area contributed by atoms with Crippen molar-refractivity contribution in [2.45, 2.75) is 13.0 Å². The third-order valence-corrected chi connectivity index (χ3v) is 2.30. The highest BCUT2D eigenvalue weighted by Gasteiger charge is 2.13. The first-order chi connectivity index (χ1) is 7.99. The zero-order chi connectivity index (χ0) is 12.6. The summed E-state index contributed by atoms with van der Waals surface area (Å²) in [6, 6.07) is 1.25. The van der Waals surface area contributed by atoms with Crippen LogP contribution in [0.15, 0.2) is 10.9 Å². The number of nitrogens with zero attached hydrogens (tertiary/aromatic N) is 2. The topological polar surface area (TPSA) is 134 Å². The number of hydrogen-bond donors (Lipinski definition) is 4. The van der Waals surface area contributed by atoms with Crippen LogP contribution >= 0.6 is 0 Å². The fourth-order valence-electron chi connectivity index (χ4n) is 1.54. The smallest absolute Gasteiger partial charge is 0.305 e. The van der Waals surface area contributed by atoms with Crippen LogP contribution in [0.3, 0.4) is 0 Å². The fourth-order valence-corrected chi connectivity index (χ4v) is 1.54. The van der Waals surface area contributed by atoms with Crippen LogP contribution in [0.2, 0.25) is 0 Å². The van der Waals surface area contributed by atoms with Gasteiger partial charge in [0, 0.05) is 6.07 Å². The number of aryl methyl sites for hydroxylation is 1. The number of H-pyrrole nitrogens is 1. The summed E-state index contributed by atoms with van der Waals surface area (Å²) < 4.78 is 1.23. The molecule has 0 unspecified atom stereocenters. The number of carbonyl (C=O) groups is 1. The number of nitrogens with two attached hydrogens (primary N) is 1. The van der Waals surface area contributed by atoms with E-state index in [4.69, 9.17) is 10.8 Å². The number of aromatic amines is 1. The van der Waals surface area contributed by atoms with Crippen molar-refractivity contribution < 1.29 is 15.0 Å². The Morgan fingerprint density at radius 3 is 2.94 bits per heavy atom. The first-order valence-corrected chi connectivity index (χ1v) is 4.79. The number of nitrogens with one attached hydrogen (secondary N) is 1. The summed E-state index contributed by atoms with van der Waals surface area (Å²) in [5, 5.41) is 21.8. The van der Waals surface area contributed by atoms with E-state index in [0.717, 1.165) is 0 Å². The van der Waals surface area contributed by atoms with Crippen LogP contribution in [0, 0.1) is 0 Å². The van der Waals surface area contributed by atoms with Gasteiger partial charge in [0.2, 0.25) is 0 Å². The Hall–Kier alpha value is -2.51. The van der Waals surface area contributed by atoms with Crippen molar-refractivity contribution in [3.05, 3.63) is 16.4 Å². The molecule has 0 fully saturated rings. The number of hydrogen-bond acceptors (Lipinski definition) is 5. The molecule has 0 saturated carbocycles. The molecule has 2 rings (SSSR count). The van der Waals surface area contributed by atoms with Crippen molar-refractivity contribution in [2.75, 3.05) is 5.73 Å². The Balaban J connectivity index is 2.53. The molecule has 0 aromatic carbocycles. The van der Waals surface area contributed by atoms with Crippen LogP contribution in [0.4, 0.5) is 5.82 Å². The molecule has 0 atom stereocenters. The lowest BCUT2D eigenvalue weighted by molar-refractivity contribution is -0.137. The standard InChI is InChI=1S/C9H10N4O4/c10-8-7-4(3-5(14)11-9(7)17)12-13(8)2-1-6(15)16/h3,14H,1-2,10H2,(H,11,17)(H,15,16). The van der Waals surface area contributed by atoms with Gasteiger partial charge in [-0.15, -0.1) is 0 Å². The third-order valence-electron chi connectivity index (χ3n) is 2.30. The quantitative estimate of drug-likeness (QED) is 0.568. The molecular formula is C9H10N4O4. The van der Waals surface area contributed by atoms with E-state index in [1.807, 2.05) is 0 Å². The number of nitrogen functional groups attached to an aromatic ring is 1. The van der Waals surface area contributed by atoms with Crippen molar-refractivity contribution in [1.82, 2.24) is 14.8 Å². The minimum absolute atomic E-state index is 0.0655. The van der Waals surface area contributed by atoms with Gasteiger partial charge in [-0.1, -0.05) is 0 Å². The van der Waals surface area contributed by atoms with Crippen LogP contribution in [0.5, 0.6) is 5.88 Å². The molecule has 0 amide bonds. The van der Waals surface area contributed by atoms with Crippen LogP contribution in [-0.2, 0) is 11.3 Å². The molecule has 0 aliphatic carbocycles. The van der Waals surface area contributed by atoms with E-state index in [9.17, 15) is 14.7 Å². The molecule has 0 saturated heterocycles. The van der Waals surface area contributed by atoms with Crippen molar-refractivity contribution >= 4 is 22.7 Å². The second kappa shape index (κ2) is 3.81. The van der Waals surface area contributed by atoms with Gasteiger partial charge >= 0.3 is 5.97 Å². The van der Waals surface area contributed by atoms with Gasteiger partial charge in [-0.25, -0.2) is 4.68 Å². The van der Waals surface area contributed by atoms with Crippen LogP contribution in [-0.4, -0.2) is 30.9 Å². The average Bonchev–Trinajstić information content (AvgIpc) is 2.52. The van der Waals surface area contributed by atoms with Crippen LogP contribution in [0.1, 0.15) is 6.42 Å². The number of carboxylic acids is 1. The van der Waals surface area contributed by atoms with Gasteiger partial charge in [-0.2, -0.15) is 5.10 Å².